The van der Waals surface area contributed by atoms with Crippen LogP contribution >= 0.6 is 0 Å². The molecule has 0 radical (unpaired) electrons. The summed E-state index contributed by atoms with van der Waals surface area (Å²) in [5, 5.41) is 9.35. The molecule has 0 amide bonds. The fourth-order valence-electron chi connectivity index (χ4n) is 4.16. The molecule has 4 rings (SSSR count). The van der Waals surface area contributed by atoms with Gasteiger partial charge in [-0.25, -0.2) is 9.18 Å². The number of carboxylic acid groups (broad SMARTS) is 1. The van der Waals surface area contributed by atoms with Crippen molar-refractivity contribution in [1.82, 2.24) is 0 Å². The Labute approximate surface area is 196 Å². The van der Waals surface area contributed by atoms with E-state index in [1.54, 1.807) is 36.4 Å². The standard InChI is InChI=1S/C28H23FO5/c1-16-11-18(13-25(33-3)27(16)34-28(32)19-7-5-4-6-8-19)12-22-17(2)23(15-26(30)31)24-14-20(29)9-10-21(22)24/h4-14H,15H2,1-3H3,(H,30,31)/b22-12-. The van der Waals surface area contributed by atoms with E-state index in [1.807, 2.05) is 32.1 Å². The number of halogens is 1. The first-order valence-corrected chi connectivity index (χ1v) is 10.7. The van der Waals surface area contributed by atoms with Gasteiger partial charge in [0, 0.05) is 0 Å². The topological polar surface area (TPSA) is 72.8 Å². The lowest BCUT2D eigenvalue weighted by Crippen LogP contribution is -2.10. The van der Waals surface area contributed by atoms with Gasteiger partial charge in [0.15, 0.2) is 11.5 Å². The smallest absolute Gasteiger partial charge is 0.343 e. The van der Waals surface area contributed by atoms with Gasteiger partial charge in [-0.3, -0.25) is 4.79 Å². The molecule has 0 aliphatic heterocycles. The van der Waals surface area contributed by atoms with Crippen LogP contribution < -0.4 is 9.47 Å². The van der Waals surface area contributed by atoms with Crippen molar-refractivity contribution >= 4 is 29.2 Å². The van der Waals surface area contributed by atoms with Crippen molar-refractivity contribution in [2.24, 2.45) is 0 Å². The van der Waals surface area contributed by atoms with Gasteiger partial charge in [0.1, 0.15) is 5.82 Å². The summed E-state index contributed by atoms with van der Waals surface area (Å²) in [5.74, 6) is -1.17. The van der Waals surface area contributed by atoms with Crippen molar-refractivity contribution in [1.29, 1.82) is 0 Å². The molecule has 172 valence electrons. The van der Waals surface area contributed by atoms with E-state index < -0.39 is 17.8 Å². The fourth-order valence-corrected chi connectivity index (χ4v) is 4.16. The van der Waals surface area contributed by atoms with Gasteiger partial charge in [-0.2, -0.15) is 0 Å². The maximum atomic E-state index is 13.9. The molecule has 0 heterocycles. The lowest BCUT2D eigenvalue weighted by Gasteiger charge is -2.14. The Morgan fingerprint density at radius 3 is 2.41 bits per heavy atom. The molecule has 34 heavy (non-hydrogen) atoms. The number of allylic oxidation sites excluding steroid dienone is 2. The number of hydrogen-bond donors (Lipinski definition) is 1. The largest absolute Gasteiger partial charge is 0.493 e. The highest BCUT2D eigenvalue weighted by atomic mass is 19.1. The monoisotopic (exact) mass is 458 g/mol. The molecule has 1 aliphatic rings. The zero-order chi connectivity index (χ0) is 24.4. The Morgan fingerprint density at radius 2 is 1.74 bits per heavy atom. The van der Waals surface area contributed by atoms with E-state index in [0.29, 0.717) is 33.8 Å². The molecule has 3 aromatic carbocycles. The van der Waals surface area contributed by atoms with Crippen LogP contribution in [0.3, 0.4) is 0 Å². The van der Waals surface area contributed by atoms with Crippen molar-refractivity contribution in [2.75, 3.05) is 7.11 Å². The van der Waals surface area contributed by atoms with Crippen molar-refractivity contribution < 1.29 is 28.6 Å². The molecule has 6 heteroatoms. The molecule has 0 spiro atoms. The first-order chi connectivity index (χ1) is 16.3. The lowest BCUT2D eigenvalue weighted by atomic mass is 9.99. The Kier molecular flexibility index (Phi) is 6.32. The lowest BCUT2D eigenvalue weighted by molar-refractivity contribution is -0.135. The maximum Gasteiger partial charge on any atom is 0.343 e. The molecular formula is C28H23FO5. The van der Waals surface area contributed by atoms with Crippen LogP contribution in [0, 0.1) is 12.7 Å². The number of ether oxygens (including phenoxy) is 2. The average molecular weight is 458 g/mol. The van der Waals surface area contributed by atoms with Crippen LogP contribution in [0.15, 0.2) is 66.2 Å². The molecule has 5 nitrogen and oxygen atoms in total. The van der Waals surface area contributed by atoms with Crippen molar-refractivity contribution in [2.45, 2.75) is 20.3 Å². The Bertz CT molecular complexity index is 1350. The normalized spacial score (nSPS) is 13.7. The highest BCUT2D eigenvalue weighted by Gasteiger charge is 2.26. The van der Waals surface area contributed by atoms with Gasteiger partial charge < -0.3 is 14.6 Å². The molecule has 3 aromatic rings. The number of aryl methyl sites for hydroxylation is 1. The Hall–Kier alpha value is -4.19. The van der Waals surface area contributed by atoms with E-state index in [9.17, 15) is 19.1 Å². The van der Waals surface area contributed by atoms with Gasteiger partial charge in [0.2, 0.25) is 0 Å². The van der Waals surface area contributed by atoms with Crippen LogP contribution in [0.4, 0.5) is 4.39 Å². The van der Waals surface area contributed by atoms with Gasteiger partial charge in [0.25, 0.3) is 0 Å². The van der Waals surface area contributed by atoms with Crippen molar-refractivity contribution in [3.05, 3.63) is 99.9 Å². The summed E-state index contributed by atoms with van der Waals surface area (Å²) in [4.78, 5) is 24.0. The first kappa shape index (κ1) is 23.0. The maximum absolute atomic E-state index is 13.9. The number of rotatable bonds is 6. The summed E-state index contributed by atoms with van der Waals surface area (Å²) in [6.07, 6.45) is 1.70. The number of carboxylic acids is 1. The molecule has 0 unspecified atom stereocenters. The van der Waals surface area contributed by atoms with Crippen molar-refractivity contribution in [3.8, 4) is 11.5 Å². The SMILES string of the molecule is COc1cc(/C=C2/C(C)=C(CC(=O)O)c3cc(F)ccc32)cc(C)c1OC(=O)c1ccccc1. The second-order valence-corrected chi connectivity index (χ2v) is 8.05. The highest BCUT2D eigenvalue weighted by molar-refractivity contribution is 6.07. The summed E-state index contributed by atoms with van der Waals surface area (Å²) in [6.45, 7) is 3.65. The minimum absolute atomic E-state index is 0.198. The van der Waals surface area contributed by atoms with Gasteiger partial charge in [-0.1, -0.05) is 24.3 Å². The molecule has 0 saturated carbocycles. The second-order valence-electron chi connectivity index (χ2n) is 8.05. The number of carbonyl (C=O) groups excluding carboxylic acids is 1. The third kappa shape index (κ3) is 4.48. The third-order valence-corrected chi connectivity index (χ3v) is 5.78. The van der Waals surface area contributed by atoms with E-state index in [4.69, 9.17) is 9.47 Å². The van der Waals surface area contributed by atoms with Crippen LogP contribution in [0.25, 0.3) is 17.2 Å². The molecule has 0 aromatic heterocycles. The molecular weight excluding hydrogens is 435 g/mol. The predicted octanol–water partition coefficient (Wildman–Crippen LogP) is 6.16. The number of benzene rings is 3. The molecule has 0 bridgehead atoms. The quantitative estimate of drug-likeness (QED) is 0.354. The Balaban J connectivity index is 1.75. The fraction of sp³-hybridized carbons (Fsp3) is 0.143. The number of aliphatic carboxylic acids is 1. The second kappa shape index (κ2) is 9.35. The first-order valence-electron chi connectivity index (χ1n) is 10.7. The highest BCUT2D eigenvalue weighted by Crippen LogP contribution is 2.44. The van der Waals surface area contributed by atoms with Gasteiger partial charge in [0.05, 0.1) is 19.1 Å². The van der Waals surface area contributed by atoms with E-state index in [2.05, 4.69) is 0 Å². The third-order valence-electron chi connectivity index (χ3n) is 5.78. The number of esters is 1. The van der Waals surface area contributed by atoms with E-state index in [0.717, 1.165) is 22.3 Å². The predicted molar refractivity (Wildman–Crippen MR) is 128 cm³/mol. The van der Waals surface area contributed by atoms with Gasteiger partial charge in [-0.15, -0.1) is 0 Å². The summed E-state index contributed by atoms with van der Waals surface area (Å²) in [6, 6.07) is 16.7. The van der Waals surface area contributed by atoms with E-state index in [1.165, 1.54) is 19.2 Å². The minimum Gasteiger partial charge on any atom is -0.493 e. The van der Waals surface area contributed by atoms with Gasteiger partial charge >= 0.3 is 11.9 Å². The number of hydrogen-bond acceptors (Lipinski definition) is 4. The molecule has 1 aliphatic carbocycles. The number of methoxy groups -OCH3 is 1. The Morgan fingerprint density at radius 1 is 1.00 bits per heavy atom. The summed E-state index contributed by atoms with van der Waals surface area (Å²) >= 11 is 0. The van der Waals surface area contributed by atoms with Crippen LogP contribution in [-0.2, 0) is 4.79 Å². The van der Waals surface area contributed by atoms with Crippen LogP contribution in [0.5, 0.6) is 11.5 Å². The minimum atomic E-state index is -0.979. The molecule has 0 saturated heterocycles. The van der Waals surface area contributed by atoms with Crippen molar-refractivity contribution in [3.63, 3.8) is 0 Å². The van der Waals surface area contributed by atoms with E-state index >= 15 is 0 Å². The average Bonchev–Trinajstić information content (AvgIpc) is 3.05. The zero-order valence-corrected chi connectivity index (χ0v) is 19.0. The van der Waals surface area contributed by atoms with Crippen LogP contribution in [-0.4, -0.2) is 24.2 Å². The molecule has 0 atom stereocenters. The summed E-state index contributed by atoms with van der Waals surface area (Å²) in [7, 11) is 1.50. The number of fused-ring (bicyclic) bond motifs is 1. The van der Waals surface area contributed by atoms with Crippen LogP contribution in [0.1, 0.15) is 46.0 Å². The molecule has 0 fully saturated rings. The zero-order valence-electron chi connectivity index (χ0n) is 19.0. The van der Waals surface area contributed by atoms with Crippen LogP contribution in [0.2, 0.25) is 0 Å². The summed E-state index contributed by atoms with van der Waals surface area (Å²) in [5.41, 5.74) is 5.42. The van der Waals surface area contributed by atoms with E-state index in [-0.39, 0.29) is 6.42 Å². The molecule has 1 N–H and O–H groups in total. The number of carbonyl (C=O) groups is 2. The summed E-state index contributed by atoms with van der Waals surface area (Å²) < 4.78 is 25.1. The van der Waals surface area contributed by atoms with Gasteiger partial charge in [-0.05, 0) is 95.3 Å².